The highest BCUT2D eigenvalue weighted by atomic mass is 35.5. The van der Waals surface area contributed by atoms with Crippen LogP contribution in [0.1, 0.15) is 12.5 Å². The van der Waals surface area contributed by atoms with Crippen LogP contribution in [0.2, 0.25) is 5.02 Å². The first-order chi connectivity index (χ1) is 7.13. The van der Waals surface area contributed by atoms with Gasteiger partial charge in [0, 0.05) is 6.54 Å². The third-order valence-corrected chi connectivity index (χ3v) is 2.06. The fourth-order valence-corrected chi connectivity index (χ4v) is 1.25. The van der Waals surface area contributed by atoms with Gasteiger partial charge in [-0.25, -0.2) is 4.39 Å². The van der Waals surface area contributed by atoms with E-state index in [0.29, 0.717) is 6.54 Å². The molecule has 1 amide bonds. The van der Waals surface area contributed by atoms with Gasteiger partial charge < -0.3 is 5.32 Å². The highest BCUT2D eigenvalue weighted by Gasteiger charge is 2.01. The second kappa shape index (κ2) is 5.51. The molecule has 0 aliphatic heterocycles. The van der Waals surface area contributed by atoms with Crippen LogP contribution in [0.25, 0.3) is 0 Å². The molecule has 0 spiro atoms. The van der Waals surface area contributed by atoms with Crippen LogP contribution in [0.15, 0.2) is 30.4 Å². The average molecular weight is 228 g/mol. The molecule has 4 heteroatoms. The van der Waals surface area contributed by atoms with Gasteiger partial charge in [-0.05, 0) is 30.7 Å². The summed E-state index contributed by atoms with van der Waals surface area (Å²) >= 11 is 5.59. The molecule has 15 heavy (non-hydrogen) atoms. The van der Waals surface area contributed by atoms with Crippen LogP contribution in [0.5, 0.6) is 0 Å². The summed E-state index contributed by atoms with van der Waals surface area (Å²) in [5, 5.41) is 2.70. The van der Waals surface area contributed by atoms with Crippen molar-refractivity contribution in [1.82, 2.24) is 5.32 Å². The van der Waals surface area contributed by atoms with Crippen LogP contribution in [0.4, 0.5) is 4.39 Å². The van der Waals surface area contributed by atoms with Gasteiger partial charge in [-0.1, -0.05) is 23.7 Å². The lowest BCUT2D eigenvalue weighted by Crippen LogP contribution is -2.20. The molecule has 0 saturated heterocycles. The summed E-state index contributed by atoms with van der Waals surface area (Å²) in [5.74, 6) is -0.641. The Balaban J connectivity index is 2.58. The Hall–Kier alpha value is -1.35. The van der Waals surface area contributed by atoms with Gasteiger partial charge in [0.15, 0.2) is 0 Å². The Morgan fingerprint density at radius 1 is 1.60 bits per heavy atom. The topological polar surface area (TPSA) is 29.1 Å². The van der Waals surface area contributed by atoms with Crippen molar-refractivity contribution in [3.63, 3.8) is 0 Å². The quantitative estimate of drug-likeness (QED) is 0.791. The van der Waals surface area contributed by atoms with E-state index < -0.39 is 5.82 Å². The molecule has 1 aromatic carbocycles. The normalized spacial score (nSPS) is 10.6. The second-order valence-electron chi connectivity index (χ2n) is 2.97. The molecule has 0 fully saturated rings. The van der Waals surface area contributed by atoms with Gasteiger partial charge >= 0.3 is 0 Å². The van der Waals surface area contributed by atoms with Crippen molar-refractivity contribution in [3.8, 4) is 0 Å². The SMILES string of the molecule is C/C=C/C(=O)NCc1ccc(F)c(Cl)c1. The molecule has 0 radical (unpaired) electrons. The Morgan fingerprint density at radius 2 is 2.33 bits per heavy atom. The molecule has 2 nitrogen and oxygen atoms in total. The van der Waals surface area contributed by atoms with Crippen molar-refractivity contribution < 1.29 is 9.18 Å². The van der Waals surface area contributed by atoms with Gasteiger partial charge in [-0.2, -0.15) is 0 Å². The minimum absolute atomic E-state index is 0.0628. The molecule has 1 rings (SSSR count). The maximum Gasteiger partial charge on any atom is 0.243 e. The molecular formula is C11H11ClFNO. The largest absolute Gasteiger partial charge is 0.348 e. The number of hydrogen-bond acceptors (Lipinski definition) is 1. The van der Waals surface area contributed by atoms with Crippen molar-refractivity contribution in [3.05, 3.63) is 46.8 Å². The molecule has 80 valence electrons. The van der Waals surface area contributed by atoms with Gasteiger partial charge in [0.1, 0.15) is 5.82 Å². The van der Waals surface area contributed by atoms with Crippen LogP contribution in [-0.2, 0) is 11.3 Å². The fraction of sp³-hybridized carbons (Fsp3) is 0.182. The van der Waals surface area contributed by atoms with E-state index in [9.17, 15) is 9.18 Å². The summed E-state index contributed by atoms with van der Waals surface area (Å²) in [6.07, 6.45) is 3.07. The fourth-order valence-electron chi connectivity index (χ4n) is 1.05. The highest BCUT2D eigenvalue weighted by molar-refractivity contribution is 6.30. The highest BCUT2D eigenvalue weighted by Crippen LogP contribution is 2.15. The summed E-state index contributed by atoms with van der Waals surface area (Å²) in [6.45, 7) is 2.09. The molecule has 0 atom stereocenters. The molecule has 0 bridgehead atoms. The zero-order valence-corrected chi connectivity index (χ0v) is 9.01. The Morgan fingerprint density at radius 3 is 2.93 bits per heavy atom. The average Bonchev–Trinajstić information content (AvgIpc) is 2.20. The van der Waals surface area contributed by atoms with E-state index >= 15 is 0 Å². The lowest BCUT2D eigenvalue weighted by Gasteiger charge is -2.03. The van der Waals surface area contributed by atoms with Gasteiger partial charge in [-0.15, -0.1) is 0 Å². The Labute approximate surface area is 92.7 Å². The van der Waals surface area contributed by atoms with Crippen LogP contribution < -0.4 is 5.32 Å². The molecule has 1 aromatic rings. The summed E-state index contributed by atoms with van der Waals surface area (Å²) < 4.78 is 12.8. The first-order valence-corrected chi connectivity index (χ1v) is 4.85. The number of halogens is 2. The van der Waals surface area contributed by atoms with Crippen molar-refractivity contribution >= 4 is 17.5 Å². The minimum Gasteiger partial charge on any atom is -0.348 e. The molecule has 0 heterocycles. The van der Waals surface area contributed by atoms with Crippen molar-refractivity contribution in [1.29, 1.82) is 0 Å². The van der Waals surface area contributed by atoms with Crippen molar-refractivity contribution in [2.45, 2.75) is 13.5 Å². The number of benzene rings is 1. The van der Waals surface area contributed by atoms with Crippen LogP contribution in [0.3, 0.4) is 0 Å². The molecule has 0 aromatic heterocycles. The predicted molar refractivity (Wildman–Crippen MR) is 58.1 cm³/mol. The Kier molecular flexibility index (Phi) is 4.31. The summed E-state index contributed by atoms with van der Waals surface area (Å²) in [4.78, 5) is 11.1. The molecule has 0 unspecified atom stereocenters. The third kappa shape index (κ3) is 3.72. The number of nitrogens with one attached hydrogen (secondary N) is 1. The van der Waals surface area contributed by atoms with E-state index in [1.165, 1.54) is 18.2 Å². The Bertz CT molecular complexity index is 390. The first-order valence-electron chi connectivity index (χ1n) is 4.48. The van der Waals surface area contributed by atoms with Gasteiger partial charge in [0.2, 0.25) is 5.91 Å². The number of rotatable bonds is 3. The van der Waals surface area contributed by atoms with Crippen molar-refractivity contribution in [2.75, 3.05) is 0 Å². The number of carbonyl (C=O) groups is 1. The van der Waals surface area contributed by atoms with Gasteiger partial charge in [-0.3, -0.25) is 4.79 Å². The predicted octanol–water partition coefficient (Wildman–Crippen LogP) is 2.67. The second-order valence-corrected chi connectivity index (χ2v) is 3.37. The van der Waals surface area contributed by atoms with E-state index in [1.807, 2.05) is 0 Å². The van der Waals surface area contributed by atoms with Crippen LogP contribution in [0, 0.1) is 5.82 Å². The van der Waals surface area contributed by atoms with Gasteiger partial charge in [0.05, 0.1) is 5.02 Å². The van der Waals surface area contributed by atoms with E-state index in [1.54, 1.807) is 19.1 Å². The van der Waals surface area contributed by atoms with E-state index in [2.05, 4.69) is 5.32 Å². The van der Waals surface area contributed by atoms with Crippen LogP contribution >= 0.6 is 11.6 Å². The smallest absolute Gasteiger partial charge is 0.243 e. The van der Waals surface area contributed by atoms with Crippen LogP contribution in [-0.4, -0.2) is 5.91 Å². The zero-order chi connectivity index (χ0) is 11.3. The minimum atomic E-state index is -0.458. The van der Waals surface area contributed by atoms with E-state index in [4.69, 9.17) is 11.6 Å². The summed E-state index contributed by atoms with van der Waals surface area (Å²) in [5.41, 5.74) is 0.763. The first kappa shape index (κ1) is 11.7. The molecule has 0 saturated carbocycles. The standard InChI is InChI=1S/C11H11ClFNO/c1-2-3-11(15)14-7-8-4-5-10(13)9(12)6-8/h2-6H,7H2,1H3,(H,14,15)/b3-2+. The van der Waals surface area contributed by atoms with Gasteiger partial charge in [0.25, 0.3) is 0 Å². The molecule has 0 aliphatic carbocycles. The number of hydrogen-bond donors (Lipinski definition) is 1. The monoisotopic (exact) mass is 227 g/mol. The van der Waals surface area contributed by atoms with E-state index in [-0.39, 0.29) is 10.9 Å². The number of allylic oxidation sites excluding steroid dienone is 1. The third-order valence-electron chi connectivity index (χ3n) is 1.77. The van der Waals surface area contributed by atoms with E-state index in [0.717, 1.165) is 5.56 Å². The maximum absolute atomic E-state index is 12.8. The molecular weight excluding hydrogens is 217 g/mol. The number of carbonyl (C=O) groups excluding carboxylic acids is 1. The summed E-state index contributed by atoms with van der Waals surface area (Å²) in [6, 6.07) is 4.35. The maximum atomic E-state index is 12.8. The molecule has 1 N–H and O–H groups in total. The van der Waals surface area contributed by atoms with Crippen molar-refractivity contribution in [2.24, 2.45) is 0 Å². The lowest BCUT2D eigenvalue weighted by molar-refractivity contribution is -0.116. The lowest BCUT2D eigenvalue weighted by atomic mass is 10.2. The molecule has 0 aliphatic rings. The number of amides is 1. The zero-order valence-electron chi connectivity index (χ0n) is 8.26. The summed E-state index contributed by atoms with van der Waals surface area (Å²) in [7, 11) is 0.